The predicted octanol–water partition coefficient (Wildman–Crippen LogP) is 5.78. The molecule has 1 unspecified atom stereocenters. The Morgan fingerprint density at radius 1 is 1.12 bits per heavy atom. The lowest BCUT2D eigenvalue weighted by Crippen LogP contribution is -2.07. The predicted molar refractivity (Wildman–Crippen MR) is 128 cm³/mol. The molecule has 3 aromatic carbocycles. The van der Waals surface area contributed by atoms with Gasteiger partial charge < -0.3 is 14.6 Å². The molecule has 2 atom stereocenters. The lowest BCUT2D eigenvalue weighted by atomic mass is 9.89. The molecule has 0 amide bonds. The maximum atomic E-state index is 11.1. The molecule has 0 spiro atoms. The van der Waals surface area contributed by atoms with Gasteiger partial charge in [0, 0.05) is 17.5 Å². The highest BCUT2D eigenvalue weighted by Gasteiger charge is 2.30. The highest BCUT2D eigenvalue weighted by Crippen LogP contribution is 2.42. The third-order valence-corrected chi connectivity index (χ3v) is 7.15. The second-order valence-corrected chi connectivity index (χ2v) is 9.27. The molecule has 0 saturated carbocycles. The summed E-state index contributed by atoms with van der Waals surface area (Å²) in [5.41, 5.74) is 8.91. The third-order valence-electron chi connectivity index (χ3n) is 7.15. The van der Waals surface area contributed by atoms with Crippen LogP contribution in [0.4, 0.5) is 0 Å². The fourth-order valence-electron chi connectivity index (χ4n) is 5.35. The van der Waals surface area contributed by atoms with E-state index >= 15 is 0 Å². The first-order valence-electron chi connectivity index (χ1n) is 11.7. The van der Waals surface area contributed by atoms with Crippen molar-refractivity contribution in [1.29, 1.82) is 5.26 Å². The Morgan fingerprint density at radius 2 is 1.88 bits per heavy atom. The van der Waals surface area contributed by atoms with Crippen LogP contribution in [0, 0.1) is 25.2 Å². The summed E-state index contributed by atoms with van der Waals surface area (Å²) in [6, 6.07) is 18.4. The Labute approximate surface area is 199 Å². The Kier molecular flexibility index (Phi) is 5.75. The number of nitriles is 1. The van der Waals surface area contributed by atoms with Crippen molar-refractivity contribution in [3.63, 3.8) is 0 Å². The van der Waals surface area contributed by atoms with E-state index in [-0.39, 0.29) is 18.4 Å². The summed E-state index contributed by atoms with van der Waals surface area (Å²) >= 11 is 0. The molecule has 1 heterocycles. The van der Waals surface area contributed by atoms with Crippen LogP contribution in [0.25, 0.3) is 0 Å². The molecule has 2 aliphatic rings. The number of aryl methyl sites for hydroxylation is 2. The summed E-state index contributed by atoms with van der Waals surface area (Å²) in [4.78, 5) is 11.1. The average molecular weight is 454 g/mol. The van der Waals surface area contributed by atoms with E-state index < -0.39 is 5.97 Å². The Balaban J connectivity index is 1.42. The van der Waals surface area contributed by atoms with Gasteiger partial charge in [0.25, 0.3) is 0 Å². The van der Waals surface area contributed by atoms with Crippen molar-refractivity contribution in [2.75, 3.05) is 6.61 Å². The van der Waals surface area contributed by atoms with Crippen LogP contribution in [0.15, 0.2) is 48.5 Å². The van der Waals surface area contributed by atoms with Gasteiger partial charge in [0.05, 0.1) is 24.7 Å². The highest BCUT2D eigenvalue weighted by atomic mass is 16.5. The van der Waals surface area contributed by atoms with Gasteiger partial charge in [-0.25, -0.2) is 0 Å². The van der Waals surface area contributed by atoms with E-state index in [4.69, 9.17) is 14.6 Å². The molecule has 34 heavy (non-hydrogen) atoms. The van der Waals surface area contributed by atoms with Gasteiger partial charge in [-0.15, -0.1) is 0 Å². The number of aliphatic carboxylic acids is 1. The minimum atomic E-state index is -0.822. The zero-order valence-electron chi connectivity index (χ0n) is 19.4. The van der Waals surface area contributed by atoms with Gasteiger partial charge in [-0.2, -0.15) is 5.26 Å². The molecule has 1 N–H and O–H groups in total. The van der Waals surface area contributed by atoms with Crippen molar-refractivity contribution in [3.8, 4) is 17.6 Å². The second-order valence-electron chi connectivity index (χ2n) is 9.27. The van der Waals surface area contributed by atoms with Crippen LogP contribution >= 0.6 is 0 Å². The number of hydrogen-bond acceptors (Lipinski definition) is 4. The van der Waals surface area contributed by atoms with E-state index in [0.29, 0.717) is 18.1 Å². The zero-order chi connectivity index (χ0) is 23.8. The molecule has 5 heteroatoms. The molecule has 172 valence electrons. The molecule has 3 aromatic rings. The SMILES string of the molecule is Cc1cccc(C)c1Cc1c(C#N)ccc2c1CC[C@H]2Oc1ccc2c(c1)OCC2CC(=O)O. The van der Waals surface area contributed by atoms with Crippen molar-refractivity contribution in [1.82, 2.24) is 0 Å². The molecule has 0 saturated heterocycles. The lowest BCUT2D eigenvalue weighted by molar-refractivity contribution is -0.137. The number of nitrogens with zero attached hydrogens (tertiary/aromatic N) is 1. The number of carboxylic acids is 1. The van der Waals surface area contributed by atoms with Crippen molar-refractivity contribution >= 4 is 5.97 Å². The maximum absolute atomic E-state index is 11.1. The Bertz CT molecular complexity index is 1300. The Hall–Kier alpha value is -3.78. The largest absolute Gasteiger partial charge is 0.492 e. The second kappa shape index (κ2) is 8.87. The van der Waals surface area contributed by atoms with Crippen molar-refractivity contribution < 1.29 is 19.4 Å². The first-order chi connectivity index (χ1) is 16.4. The Morgan fingerprint density at radius 3 is 2.62 bits per heavy atom. The molecule has 5 rings (SSSR count). The van der Waals surface area contributed by atoms with E-state index in [1.807, 2.05) is 30.3 Å². The quantitative estimate of drug-likeness (QED) is 0.512. The summed E-state index contributed by atoms with van der Waals surface area (Å²) in [6.45, 7) is 4.64. The molecular weight excluding hydrogens is 426 g/mol. The van der Waals surface area contributed by atoms with E-state index in [9.17, 15) is 10.1 Å². The standard InChI is InChI=1S/C29H27NO4/c1-17-4-3-5-18(2)25(17)14-26-19(15-30)6-8-24-23(26)10-11-27(24)34-21-7-9-22-20(12-29(31)32)16-33-28(22)13-21/h3-9,13,20,27H,10-12,14,16H2,1-2H3,(H,31,32)/t20?,27-/m1/s1. The zero-order valence-corrected chi connectivity index (χ0v) is 19.4. The molecule has 0 bridgehead atoms. The summed E-state index contributed by atoms with van der Waals surface area (Å²) < 4.78 is 12.1. The summed E-state index contributed by atoms with van der Waals surface area (Å²) in [5, 5.41) is 18.9. The normalized spacial score (nSPS) is 18.0. The monoisotopic (exact) mass is 453 g/mol. The smallest absolute Gasteiger partial charge is 0.304 e. The molecule has 1 aliphatic carbocycles. The molecule has 0 fully saturated rings. The number of hydrogen-bond donors (Lipinski definition) is 1. The van der Waals surface area contributed by atoms with Gasteiger partial charge in [-0.1, -0.05) is 30.3 Å². The summed E-state index contributed by atoms with van der Waals surface area (Å²) in [6.07, 6.45) is 2.44. The number of carboxylic acid groups (broad SMARTS) is 1. The topological polar surface area (TPSA) is 79.5 Å². The van der Waals surface area contributed by atoms with Crippen LogP contribution < -0.4 is 9.47 Å². The number of ether oxygens (including phenoxy) is 2. The number of carbonyl (C=O) groups is 1. The van der Waals surface area contributed by atoms with Crippen LogP contribution in [-0.2, 0) is 17.6 Å². The van der Waals surface area contributed by atoms with Crippen molar-refractivity contribution in [3.05, 3.63) is 93.0 Å². The number of fused-ring (bicyclic) bond motifs is 2. The fourth-order valence-corrected chi connectivity index (χ4v) is 5.35. The van der Waals surface area contributed by atoms with Crippen LogP contribution in [0.5, 0.6) is 11.5 Å². The molecule has 1 aliphatic heterocycles. The average Bonchev–Trinajstić information content (AvgIpc) is 3.40. The van der Waals surface area contributed by atoms with Gasteiger partial charge in [0.1, 0.15) is 17.6 Å². The van der Waals surface area contributed by atoms with E-state index in [1.165, 1.54) is 22.3 Å². The van der Waals surface area contributed by atoms with Crippen LogP contribution in [-0.4, -0.2) is 17.7 Å². The number of rotatable bonds is 6. The van der Waals surface area contributed by atoms with Crippen LogP contribution in [0.3, 0.4) is 0 Å². The fraction of sp³-hybridized carbons (Fsp3) is 0.310. The van der Waals surface area contributed by atoms with Gasteiger partial charge in [0.2, 0.25) is 0 Å². The van der Waals surface area contributed by atoms with E-state index in [2.05, 4.69) is 38.1 Å². The van der Waals surface area contributed by atoms with Gasteiger partial charge in [0.15, 0.2) is 0 Å². The van der Waals surface area contributed by atoms with Gasteiger partial charge in [-0.05, 0) is 78.6 Å². The lowest BCUT2D eigenvalue weighted by Gasteiger charge is -2.18. The molecule has 0 radical (unpaired) electrons. The first kappa shape index (κ1) is 22.0. The van der Waals surface area contributed by atoms with Gasteiger partial charge in [-0.3, -0.25) is 4.79 Å². The summed E-state index contributed by atoms with van der Waals surface area (Å²) in [5.74, 6) is 0.481. The first-order valence-corrected chi connectivity index (χ1v) is 11.7. The van der Waals surface area contributed by atoms with Crippen molar-refractivity contribution in [2.45, 2.75) is 51.6 Å². The highest BCUT2D eigenvalue weighted by molar-refractivity contribution is 5.69. The molecule has 5 nitrogen and oxygen atoms in total. The van der Waals surface area contributed by atoms with Gasteiger partial charge >= 0.3 is 5.97 Å². The van der Waals surface area contributed by atoms with E-state index in [1.54, 1.807) is 0 Å². The molecular formula is C29H27NO4. The maximum Gasteiger partial charge on any atom is 0.304 e. The van der Waals surface area contributed by atoms with Crippen LogP contribution in [0.1, 0.15) is 69.4 Å². The molecule has 0 aromatic heterocycles. The summed E-state index contributed by atoms with van der Waals surface area (Å²) in [7, 11) is 0. The minimum absolute atomic E-state index is 0.0631. The van der Waals surface area contributed by atoms with E-state index in [0.717, 1.165) is 41.5 Å². The third kappa shape index (κ3) is 4.01. The minimum Gasteiger partial charge on any atom is -0.492 e. The number of benzene rings is 3. The van der Waals surface area contributed by atoms with Crippen molar-refractivity contribution in [2.24, 2.45) is 0 Å². The van der Waals surface area contributed by atoms with Crippen LogP contribution in [0.2, 0.25) is 0 Å².